The van der Waals surface area contributed by atoms with E-state index in [1.165, 1.54) is 0 Å². The molecule has 0 radical (unpaired) electrons. The van der Waals surface area contributed by atoms with Crippen LogP contribution in [0.25, 0.3) is 0 Å². The van der Waals surface area contributed by atoms with Crippen molar-refractivity contribution < 1.29 is 22.3 Å². The van der Waals surface area contributed by atoms with Crippen molar-refractivity contribution >= 4 is 5.97 Å². The van der Waals surface area contributed by atoms with E-state index >= 15 is 0 Å². The van der Waals surface area contributed by atoms with E-state index in [-0.39, 0.29) is 29.5 Å². The average Bonchev–Trinajstić information content (AvgIpc) is 1.60. The zero-order chi connectivity index (χ0) is 8.36. The lowest BCUT2D eigenvalue weighted by atomic mass is 9.88. The molecule has 4 heteroatoms. The molecular weight excluding hydrogens is 178 g/mol. The van der Waals surface area contributed by atoms with Gasteiger partial charge in [-0.1, -0.05) is 27.4 Å². The number of carbonyl (C=O) groups is 1. The van der Waals surface area contributed by atoms with E-state index in [0.29, 0.717) is 6.42 Å². The van der Waals surface area contributed by atoms with Crippen molar-refractivity contribution in [1.29, 1.82) is 0 Å². The molecule has 0 fully saturated rings. The van der Waals surface area contributed by atoms with Gasteiger partial charge in [-0.2, -0.15) is 0 Å². The van der Waals surface area contributed by atoms with Gasteiger partial charge in [-0.15, -0.1) is 0 Å². The predicted octanol–water partition coefficient (Wildman–Crippen LogP) is -0.556. The second kappa shape index (κ2) is 6.03. The van der Waals surface area contributed by atoms with Crippen molar-refractivity contribution in [3.8, 4) is 0 Å². The number of hydrogen-bond acceptors (Lipinski definition) is 1. The van der Waals surface area contributed by atoms with Gasteiger partial charge in [0.1, 0.15) is 0 Å². The molecular formula is C8H18ClNO2. The fraction of sp³-hybridized carbons (Fsp3) is 0.625. The molecule has 0 aromatic carbocycles. The van der Waals surface area contributed by atoms with Gasteiger partial charge in [-0.25, -0.2) is 4.79 Å². The number of carboxylic acid groups (broad SMARTS) is 1. The van der Waals surface area contributed by atoms with E-state index in [9.17, 15) is 4.79 Å². The minimum atomic E-state index is -0.894. The second-order valence-electron chi connectivity index (χ2n) is 3.65. The van der Waals surface area contributed by atoms with Crippen LogP contribution in [-0.4, -0.2) is 11.1 Å². The van der Waals surface area contributed by atoms with Crippen LogP contribution in [0.15, 0.2) is 12.2 Å². The number of quaternary nitrogens is 1. The van der Waals surface area contributed by atoms with Crippen molar-refractivity contribution in [2.75, 3.05) is 0 Å². The quantitative estimate of drug-likeness (QED) is 0.580. The van der Waals surface area contributed by atoms with Gasteiger partial charge < -0.3 is 23.7 Å². The molecule has 0 unspecified atom stereocenters. The highest BCUT2D eigenvalue weighted by molar-refractivity contribution is 5.85. The van der Waals surface area contributed by atoms with E-state index in [4.69, 9.17) is 5.11 Å². The maximum atomic E-state index is 10.3. The molecule has 0 heterocycles. The minimum absolute atomic E-state index is 0. The summed E-state index contributed by atoms with van der Waals surface area (Å²) >= 11 is 0. The summed E-state index contributed by atoms with van der Waals surface area (Å²) in [5, 5.41) is 8.45. The number of carboxylic acids is 1. The topological polar surface area (TPSA) is 73.8 Å². The summed E-state index contributed by atoms with van der Waals surface area (Å²) < 4.78 is 0. The predicted molar refractivity (Wildman–Crippen MR) is 46.8 cm³/mol. The first-order valence-corrected chi connectivity index (χ1v) is 3.24. The molecule has 0 spiro atoms. The zero-order valence-electron chi connectivity index (χ0n) is 8.15. The molecule has 0 aliphatic heterocycles. The minimum Gasteiger partial charge on any atom is -1.00 e. The molecule has 0 amide bonds. The Labute approximate surface area is 79.8 Å². The first-order chi connectivity index (χ1) is 4.33. The van der Waals surface area contributed by atoms with Gasteiger partial charge in [0.2, 0.25) is 0 Å². The summed E-state index contributed by atoms with van der Waals surface area (Å²) in [5.74, 6) is -0.894. The molecule has 0 aliphatic rings. The largest absolute Gasteiger partial charge is 1.00 e. The normalized spacial score (nSPS) is 9.25. The summed E-state index contributed by atoms with van der Waals surface area (Å²) in [6.45, 7) is 9.40. The summed E-state index contributed by atoms with van der Waals surface area (Å²) in [7, 11) is 0. The molecule has 74 valence electrons. The second-order valence-corrected chi connectivity index (χ2v) is 3.65. The van der Waals surface area contributed by atoms with Crippen molar-refractivity contribution in [1.82, 2.24) is 6.15 Å². The molecule has 0 atom stereocenters. The van der Waals surface area contributed by atoms with Crippen LogP contribution in [0, 0.1) is 5.41 Å². The molecule has 5 N–H and O–H groups in total. The lowest BCUT2D eigenvalue weighted by Gasteiger charge is -2.17. The Balaban J connectivity index is -0.000000405. The lowest BCUT2D eigenvalue weighted by molar-refractivity contribution is -0.133. The average molecular weight is 196 g/mol. The van der Waals surface area contributed by atoms with Crippen molar-refractivity contribution in [3.05, 3.63) is 12.2 Å². The molecule has 0 aliphatic carbocycles. The molecule has 0 aromatic rings. The molecule has 12 heavy (non-hydrogen) atoms. The van der Waals surface area contributed by atoms with Gasteiger partial charge in [-0.05, 0) is 11.8 Å². The third-order valence-electron chi connectivity index (χ3n) is 1.05. The number of hydrogen-bond donors (Lipinski definition) is 2. The van der Waals surface area contributed by atoms with Crippen LogP contribution in [0.1, 0.15) is 27.2 Å². The highest BCUT2D eigenvalue weighted by Crippen LogP contribution is 2.22. The molecule has 0 bridgehead atoms. The molecule has 0 saturated carbocycles. The monoisotopic (exact) mass is 195 g/mol. The Kier molecular flexibility index (Phi) is 8.80. The van der Waals surface area contributed by atoms with Crippen molar-refractivity contribution in [2.24, 2.45) is 5.41 Å². The zero-order valence-corrected chi connectivity index (χ0v) is 8.90. The Morgan fingerprint density at radius 1 is 1.42 bits per heavy atom. The van der Waals surface area contributed by atoms with E-state index in [1.807, 2.05) is 20.8 Å². The number of aliphatic carboxylic acids is 1. The Bertz CT molecular complexity index is 161. The van der Waals surface area contributed by atoms with Crippen molar-refractivity contribution in [3.63, 3.8) is 0 Å². The van der Waals surface area contributed by atoms with Crippen molar-refractivity contribution in [2.45, 2.75) is 27.2 Å². The van der Waals surface area contributed by atoms with Gasteiger partial charge in [0, 0.05) is 5.57 Å². The Morgan fingerprint density at radius 2 is 1.75 bits per heavy atom. The maximum Gasteiger partial charge on any atom is 0.330 e. The van der Waals surface area contributed by atoms with Gasteiger partial charge in [0.05, 0.1) is 0 Å². The van der Waals surface area contributed by atoms with Crippen LogP contribution in [0.2, 0.25) is 0 Å². The summed E-state index contributed by atoms with van der Waals surface area (Å²) in [4.78, 5) is 10.3. The summed E-state index contributed by atoms with van der Waals surface area (Å²) in [5.41, 5.74) is 0.308. The van der Waals surface area contributed by atoms with E-state index in [2.05, 4.69) is 6.58 Å². The Morgan fingerprint density at radius 3 is 1.83 bits per heavy atom. The fourth-order valence-electron chi connectivity index (χ4n) is 0.716. The highest BCUT2D eigenvalue weighted by Gasteiger charge is 2.15. The van der Waals surface area contributed by atoms with Gasteiger partial charge in [-0.3, -0.25) is 0 Å². The lowest BCUT2D eigenvalue weighted by Crippen LogP contribution is -3.00. The Hall–Kier alpha value is -0.540. The number of rotatable bonds is 2. The molecule has 0 aromatic heterocycles. The maximum absolute atomic E-state index is 10.3. The van der Waals surface area contributed by atoms with E-state index in [1.54, 1.807) is 0 Å². The third-order valence-corrected chi connectivity index (χ3v) is 1.05. The SMILES string of the molecule is C=C(CC(C)(C)C)C(=O)O.[Cl-].[NH4+]. The van der Waals surface area contributed by atoms with Crippen LogP contribution < -0.4 is 18.6 Å². The van der Waals surface area contributed by atoms with Gasteiger partial charge >= 0.3 is 5.97 Å². The first-order valence-electron chi connectivity index (χ1n) is 3.24. The van der Waals surface area contributed by atoms with Crippen LogP contribution in [0.4, 0.5) is 0 Å². The molecule has 3 nitrogen and oxygen atoms in total. The van der Waals surface area contributed by atoms with E-state index < -0.39 is 5.97 Å². The van der Waals surface area contributed by atoms with Crippen LogP contribution in [-0.2, 0) is 4.79 Å². The van der Waals surface area contributed by atoms with E-state index in [0.717, 1.165) is 0 Å². The highest BCUT2D eigenvalue weighted by atomic mass is 35.5. The van der Waals surface area contributed by atoms with Gasteiger partial charge in [0.25, 0.3) is 0 Å². The summed E-state index contributed by atoms with van der Waals surface area (Å²) in [6.07, 6.45) is 0.544. The first kappa shape index (κ1) is 17.5. The van der Waals surface area contributed by atoms with Crippen LogP contribution in [0.5, 0.6) is 0 Å². The smallest absolute Gasteiger partial charge is 0.330 e. The number of halogens is 1. The van der Waals surface area contributed by atoms with Gasteiger partial charge in [0.15, 0.2) is 0 Å². The third kappa shape index (κ3) is 9.46. The fourth-order valence-corrected chi connectivity index (χ4v) is 0.716. The summed E-state index contributed by atoms with van der Waals surface area (Å²) in [6, 6.07) is 0. The molecule has 0 rings (SSSR count). The van der Waals surface area contributed by atoms with Crippen LogP contribution >= 0.6 is 0 Å². The standard InChI is InChI=1S/C8H14O2.ClH.H3N/c1-6(7(9)10)5-8(2,3)4;;/h1,5H2,2-4H3,(H,9,10);1H;1H3. The molecule has 0 saturated heterocycles. The van der Waals surface area contributed by atoms with Crippen LogP contribution in [0.3, 0.4) is 0 Å².